The van der Waals surface area contributed by atoms with Crippen LogP contribution in [0.15, 0.2) is 89.7 Å². The molecule has 0 aromatic carbocycles. The summed E-state index contributed by atoms with van der Waals surface area (Å²) >= 11 is 0. The van der Waals surface area contributed by atoms with Crippen LogP contribution < -0.4 is 21.3 Å². The maximum absolute atomic E-state index is 15.3. The molecule has 5 aliphatic carbocycles. The molecule has 20 heteroatoms. The van der Waals surface area contributed by atoms with Gasteiger partial charge in [0.1, 0.15) is 70.8 Å². The van der Waals surface area contributed by atoms with Gasteiger partial charge in [0.15, 0.2) is 0 Å². The maximum atomic E-state index is 15.3. The highest BCUT2D eigenvalue weighted by Gasteiger charge is 2.46. The number of amides is 4. The Balaban J connectivity index is 1.19. The van der Waals surface area contributed by atoms with Crippen molar-refractivity contribution in [3.05, 3.63) is 89.7 Å². The third-order valence-corrected chi connectivity index (χ3v) is 19.8. The molecular weight excluding hydrogens is 1130 g/mol. The van der Waals surface area contributed by atoms with Crippen molar-refractivity contribution in [2.45, 2.75) is 195 Å². The van der Waals surface area contributed by atoms with Gasteiger partial charge in [-0.25, -0.2) is 0 Å². The van der Waals surface area contributed by atoms with Crippen molar-refractivity contribution in [1.29, 1.82) is 42.1 Å². The van der Waals surface area contributed by atoms with E-state index in [2.05, 4.69) is 89.4 Å². The molecule has 0 spiro atoms. The highest BCUT2D eigenvalue weighted by Crippen LogP contribution is 2.49. The summed E-state index contributed by atoms with van der Waals surface area (Å²) in [6, 6.07) is 13.0. The van der Waals surface area contributed by atoms with Gasteiger partial charge in [0.25, 0.3) is 23.6 Å². The van der Waals surface area contributed by atoms with Crippen molar-refractivity contribution in [2.24, 2.45) is 21.7 Å². The van der Waals surface area contributed by atoms with Gasteiger partial charge in [0, 0.05) is 75.1 Å². The van der Waals surface area contributed by atoms with E-state index in [0.717, 1.165) is 74.2 Å². The molecule has 4 amide bonds. The standard InChI is InChI=1S/C70H84N16O4/c1-67(2)27-43(47(35-71)59(31-67)83-17-9-10-18-83)51(39-75)63(87)79-55-25-57(81-65(89)53(41-77)45-29-69(5,6)33-61(49(45)37-73)85-21-13-14-22-85)58(82-66(90)54(42-78)46-30-70(7,8)34-62(50(46)38-74)86-23-15-16-24-86)26-56(55)80-64(88)52(40-76)44-28-68(3,4)32-60(48(44)36-72)84-19-11-12-20-84/h55-58H,9-34H2,1-8H3,(H,79,87)(H,80,88)(H,81,89)(H,82,90)/b51-43-,52-44+,53-45+,54-46+. The molecule has 9 rings (SSSR count). The monoisotopic (exact) mass is 1210 g/mol. The van der Waals surface area contributed by atoms with Crippen molar-refractivity contribution < 1.29 is 19.2 Å². The lowest BCUT2D eigenvalue weighted by Gasteiger charge is -2.43. The first-order valence-electron chi connectivity index (χ1n) is 32.1. The van der Waals surface area contributed by atoms with E-state index in [1.54, 1.807) is 0 Å². The van der Waals surface area contributed by atoms with E-state index in [0.29, 0.717) is 78.0 Å². The van der Waals surface area contributed by atoms with E-state index in [1.165, 1.54) is 0 Å². The molecule has 468 valence electrons. The van der Waals surface area contributed by atoms with Crippen molar-refractivity contribution in [2.75, 3.05) is 52.4 Å². The summed E-state index contributed by atoms with van der Waals surface area (Å²) in [6.45, 7) is 21.8. The third-order valence-electron chi connectivity index (χ3n) is 19.8. The fourth-order valence-electron chi connectivity index (χ4n) is 15.6. The molecule has 0 aromatic rings. The molecule has 4 aliphatic heterocycles. The molecule has 20 nitrogen and oxygen atoms in total. The number of nitriles is 8. The van der Waals surface area contributed by atoms with Gasteiger partial charge in [0.2, 0.25) is 0 Å². The molecule has 0 radical (unpaired) electrons. The zero-order valence-electron chi connectivity index (χ0n) is 53.7. The second kappa shape index (κ2) is 26.6. The van der Waals surface area contributed by atoms with E-state index < -0.39 is 69.5 Å². The Morgan fingerprint density at radius 1 is 0.322 bits per heavy atom. The van der Waals surface area contributed by atoms with Crippen molar-refractivity contribution in [3.63, 3.8) is 0 Å². The lowest BCUT2D eigenvalue weighted by Crippen LogP contribution is -2.65. The average molecular weight is 1210 g/mol. The van der Waals surface area contributed by atoms with Gasteiger partial charge in [-0.1, -0.05) is 55.4 Å². The van der Waals surface area contributed by atoms with E-state index >= 15 is 19.2 Å². The zero-order valence-corrected chi connectivity index (χ0v) is 53.7. The molecule has 90 heavy (non-hydrogen) atoms. The molecule has 1 saturated carbocycles. The zero-order chi connectivity index (χ0) is 65.0. The highest BCUT2D eigenvalue weighted by atomic mass is 16.2. The van der Waals surface area contributed by atoms with Gasteiger partial charge in [-0.05, 0) is 160 Å². The van der Waals surface area contributed by atoms with Crippen LogP contribution in [0.1, 0.15) is 171 Å². The molecule has 4 N–H and O–H groups in total. The number of hydrogen-bond acceptors (Lipinski definition) is 16. The van der Waals surface area contributed by atoms with Gasteiger partial charge in [0.05, 0.1) is 46.5 Å². The summed E-state index contributed by atoms with van der Waals surface area (Å²) in [5.41, 5.74) is 1.87. The van der Waals surface area contributed by atoms with Crippen molar-refractivity contribution in [3.8, 4) is 48.6 Å². The smallest absolute Gasteiger partial charge is 0.262 e. The van der Waals surface area contributed by atoms with Crippen LogP contribution in [0.3, 0.4) is 0 Å². The molecule has 9 aliphatic rings. The van der Waals surface area contributed by atoms with Gasteiger partial charge in [-0.3, -0.25) is 19.2 Å². The predicted octanol–water partition coefficient (Wildman–Crippen LogP) is 8.77. The molecule has 5 fully saturated rings. The Hall–Kier alpha value is -9.08. The van der Waals surface area contributed by atoms with Crippen LogP contribution in [0, 0.1) is 112 Å². The number of nitrogens with one attached hydrogen (secondary N) is 4. The number of nitrogens with zero attached hydrogens (tertiary/aromatic N) is 12. The number of carbonyl (C=O) groups excluding carboxylic acids is 4. The molecule has 0 aromatic heterocycles. The first-order chi connectivity index (χ1) is 42.8. The quantitative estimate of drug-likeness (QED) is 0.105. The van der Waals surface area contributed by atoms with Gasteiger partial charge >= 0.3 is 0 Å². The van der Waals surface area contributed by atoms with Crippen molar-refractivity contribution >= 4 is 23.6 Å². The Kier molecular flexibility index (Phi) is 19.3. The molecule has 4 atom stereocenters. The summed E-state index contributed by atoms with van der Waals surface area (Å²) in [7, 11) is 0. The van der Waals surface area contributed by atoms with Crippen LogP contribution in [0.4, 0.5) is 0 Å². The fourth-order valence-corrected chi connectivity index (χ4v) is 15.6. The Bertz CT molecular complexity index is 3170. The Morgan fingerprint density at radius 2 is 0.500 bits per heavy atom. The number of rotatable bonds is 12. The number of likely N-dealkylation sites (tertiary alicyclic amines) is 4. The summed E-state index contributed by atoms with van der Waals surface area (Å²) in [5.74, 6) is -3.51. The Labute approximate surface area is 530 Å². The predicted molar refractivity (Wildman–Crippen MR) is 333 cm³/mol. The first-order valence-corrected chi connectivity index (χ1v) is 32.1. The average Bonchev–Trinajstić information content (AvgIpc) is 1.05. The molecule has 4 unspecified atom stereocenters. The number of allylic oxidation sites excluding steroid dienone is 12. The van der Waals surface area contributed by atoms with E-state index in [9.17, 15) is 42.1 Å². The molecular formula is C70H84N16O4. The lowest BCUT2D eigenvalue weighted by atomic mass is 9.72. The fraction of sp³-hybridized carbons (Fsp3) is 0.600. The van der Waals surface area contributed by atoms with Crippen LogP contribution in [-0.4, -0.2) is 120 Å². The Morgan fingerprint density at radius 3 is 0.656 bits per heavy atom. The van der Waals surface area contributed by atoms with Gasteiger partial charge < -0.3 is 40.9 Å². The second-order valence-electron chi connectivity index (χ2n) is 29.2. The SMILES string of the molecule is CC1(C)CC(N2CCCC2)=C(C#N)/C(=C(/C#N)C(=O)NC2CC(NC(=O)/C(C#N)=C3\CC(C)(C)CC(N4CCCC4)=C3C#N)C(NC(=O)/C(C#N)=C3\CC(C)(C)CC(N4CCCC4)=C3C#N)CC2NC(=O)/C(C#N)=C2\CC(C)(C)CC(N3CCCC3)=C2C#N)C1. The van der Waals surface area contributed by atoms with Crippen molar-refractivity contribution in [1.82, 2.24) is 40.9 Å². The molecule has 4 heterocycles. The normalized spacial score (nSPS) is 27.6. The molecule has 0 bridgehead atoms. The summed E-state index contributed by atoms with van der Waals surface area (Å²) < 4.78 is 0. The summed E-state index contributed by atoms with van der Waals surface area (Å²) in [6.07, 6.45) is 9.77. The largest absolute Gasteiger partial charge is 0.374 e. The first kappa shape index (κ1) is 65.4. The minimum Gasteiger partial charge on any atom is -0.374 e. The summed E-state index contributed by atoms with van der Waals surface area (Å²) in [4.78, 5) is 69.8. The van der Waals surface area contributed by atoms with E-state index in [4.69, 9.17) is 0 Å². The topological polar surface area (TPSA) is 320 Å². The van der Waals surface area contributed by atoms with Crippen LogP contribution in [0.25, 0.3) is 0 Å². The van der Waals surface area contributed by atoms with E-state index in [-0.39, 0.29) is 105 Å². The minimum atomic E-state index is -1.22. The van der Waals surface area contributed by atoms with Crippen LogP contribution in [0.2, 0.25) is 0 Å². The second-order valence-corrected chi connectivity index (χ2v) is 29.2. The third kappa shape index (κ3) is 13.7. The number of hydrogen-bond donors (Lipinski definition) is 4. The summed E-state index contributed by atoms with van der Waals surface area (Å²) in [5, 5.41) is 100.0. The van der Waals surface area contributed by atoms with E-state index in [1.807, 2.05) is 55.4 Å². The van der Waals surface area contributed by atoms with Crippen LogP contribution in [0.5, 0.6) is 0 Å². The number of carbonyl (C=O) groups is 4. The maximum Gasteiger partial charge on any atom is 0.262 e. The lowest BCUT2D eigenvalue weighted by molar-refractivity contribution is -0.123. The van der Waals surface area contributed by atoms with Crippen LogP contribution in [-0.2, 0) is 19.2 Å². The van der Waals surface area contributed by atoms with Gasteiger partial charge in [-0.15, -0.1) is 0 Å². The highest BCUT2D eigenvalue weighted by molar-refractivity contribution is 6.02. The van der Waals surface area contributed by atoms with Crippen LogP contribution >= 0.6 is 0 Å². The molecule has 4 saturated heterocycles. The van der Waals surface area contributed by atoms with Gasteiger partial charge in [-0.2, -0.15) is 42.1 Å². The minimum absolute atomic E-state index is 0.210.